The lowest BCUT2D eigenvalue weighted by molar-refractivity contribution is -0.120. The van der Waals surface area contributed by atoms with Gasteiger partial charge in [0.1, 0.15) is 0 Å². The van der Waals surface area contributed by atoms with Gasteiger partial charge in [0.25, 0.3) is 0 Å². The minimum Gasteiger partial charge on any atom is -0.348 e. The molecule has 2 N–H and O–H groups in total. The van der Waals surface area contributed by atoms with Crippen LogP contribution in [0.25, 0.3) is 0 Å². The molecule has 0 heterocycles. The van der Waals surface area contributed by atoms with Crippen molar-refractivity contribution in [2.75, 3.05) is 41.3 Å². The van der Waals surface area contributed by atoms with E-state index < -0.39 is 0 Å². The van der Waals surface area contributed by atoms with Crippen molar-refractivity contribution in [1.29, 1.82) is 0 Å². The molecule has 6 heteroatoms. The molecule has 0 aliphatic heterocycles. The van der Waals surface area contributed by atoms with Gasteiger partial charge in [-0.15, -0.1) is 0 Å². The van der Waals surface area contributed by atoms with Crippen molar-refractivity contribution in [3.63, 3.8) is 0 Å². The Hall–Kier alpha value is -2.08. The Morgan fingerprint density at radius 3 is 2.27 bits per heavy atom. The van der Waals surface area contributed by atoms with Crippen molar-refractivity contribution < 1.29 is 9.59 Å². The number of hydrogen-bond acceptors (Lipinski definition) is 3. The van der Waals surface area contributed by atoms with Crippen LogP contribution in [-0.4, -0.2) is 63.0 Å². The molecule has 0 saturated carbocycles. The number of hydrogen-bond donors (Lipinski definition) is 2. The molecule has 0 bridgehead atoms. The molecule has 0 aliphatic rings. The summed E-state index contributed by atoms with van der Waals surface area (Å²) in [6.07, 6.45) is 0.810. The minimum absolute atomic E-state index is 0.0255. The summed E-state index contributed by atoms with van der Waals surface area (Å²) in [4.78, 5) is 27.0. The van der Waals surface area contributed by atoms with E-state index in [1.807, 2.05) is 44.4 Å². The number of nitrogens with one attached hydrogen (secondary N) is 2. The van der Waals surface area contributed by atoms with E-state index in [4.69, 9.17) is 0 Å². The Kier molecular flexibility index (Phi) is 7.39. The molecule has 1 atom stereocenters. The normalized spacial score (nSPS) is 11.9. The summed E-state index contributed by atoms with van der Waals surface area (Å²) >= 11 is 0. The summed E-state index contributed by atoms with van der Waals surface area (Å²) in [5, 5.41) is 5.55. The highest BCUT2D eigenvalue weighted by Crippen LogP contribution is 2.16. The van der Waals surface area contributed by atoms with Gasteiger partial charge in [0, 0.05) is 14.1 Å². The van der Waals surface area contributed by atoms with Crippen LogP contribution in [0.5, 0.6) is 0 Å². The number of carbonyl (C=O) groups is 2. The molecule has 0 fully saturated rings. The van der Waals surface area contributed by atoms with Crippen LogP contribution in [0, 0.1) is 0 Å². The van der Waals surface area contributed by atoms with Gasteiger partial charge in [0.05, 0.1) is 12.6 Å². The van der Waals surface area contributed by atoms with E-state index in [2.05, 4.69) is 15.5 Å². The third kappa shape index (κ3) is 6.58. The Balaban J connectivity index is 2.60. The number of carbonyl (C=O) groups excluding carboxylic acids is 2. The first kappa shape index (κ1) is 18.0. The largest absolute Gasteiger partial charge is 0.348 e. The fraction of sp³-hybridized carbons (Fsp3) is 0.500. The van der Waals surface area contributed by atoms with Crippen LogP contribution in [0.4, 0.5) is 4.79 Å². The van der Waals surface area contributed by atoms with Gasteiger partial charge in [-0.2, -0.15) is 0 Å². The van der Waals surface area contributed by atoms with Crippen LogP contribution in [-0.2, 0) is 4.79 Å². The van der Waals surface area contributed by atoms with Crippen LogP contribution in [0.2, 0.25) is 0 Å². The Bertz CT molecular complexity index is 474. The second kappa shape index (κ2) is 9.04. The molecule has 22 heavy (non-hydrogen) atoms. The predicted molar refractivity (Wildman–Crippen MR) is 87.6 cm³/mol. The van der Waals surface area contributed by atoms with Gasteiger partial charge in [0.15, 0.2) is 0 Å². The molecule has 122 valence electrons. The number of rotatable bonds is 7. The topological polar surface area (TPSA) is 64.7 Å². The SMILES string of the molecule is CN(C)CC[C@H](NC(=O)CNC(=O)N(C)C)c1ccccc1. The van der Waals surface area contributed by atoms with E-state index in [9.17, 15) is 9.59 Å². The zero-order chi connectivity index (χ0) is 16.5. The van der Waals surface area contributed by atoms with Crippen molar-refractivity contribution in [2.45, 2.75) is 12.5 Å². The lowest BCUT2D eigenvalue weighted by Crippen LogP contribution is -2.42. The molecule has 0 unspecified atom stereocenters. The maximum Gasteiger partial charge on any atom is 0.317 e. The monoisotopic (exact) mass is 306 g/mol. The van der Waals surface area contributed by atoms with Crippen molar-refractivity contribution in [3.8, 4) is 0 Å². The smallest absolute Gasteiger partial charge is 0.317 e. The average molecular weight is 306 g/mol. The summed E-state index contributed by atoms with van der Waals surface area (Å²) in [5.41, 5.74) is 1.07. The van der Waals surface area contributed by atoms with Gasteiger partial charge in [-0.3, -0.25) is 4.79 Å². The summed E-state index contributed by atoms with van der Waals surface area (Å²) < 4.78 is 0. The van der Waals surface area contributed by atoms with Gasteiger partial charge < -0.3 is 20.4 Å². The highest BCUT2D eigenvalue weighted by atomic mass is 16.2. The third-order valence-electron chi connectivity index (χ3n) is 3.21. The summed E-state index contributed by atoms with van der Waals surface area (Å²) in [5.74, 6) is -0.192. The fourth-order valence-corrected chi connectivity index (χ4v) is 1.95. The number of nitrogens with zero attached hydrogens (tertiary/aromatic N) is 2. The van der Waals surface area contributed by atoms with E-state index in [0.29, 0.717) is 0 Å². The van der Waals surface area contributed by atoms with Crippen molar-refractivity contribution in [1.82, 2.24) is 20.4 Å². The molecular weight excluding hydrogens is 280 g/mol. The van der Waals surface area contributed by atoms with Gasteiger partial charge in [0.2, 0.25) is 5.91 Å². The van der Waals surface area contributed by atoms with E-state index in [1.165, 1.54) is 4.90 Å². The lowest BCUT2D eigenvalue weighted by Gasteiger charge is -2.21. The molecule has 1 aromatic carbocycles. The fourth-order valence-electron chi connectivity index (χ4n) is 1.95. The van der Waals surface area contributed by atoms with Crippen molar-refractivity contribution in [3.05, 3.63) is 35.9 Å². The molecule has 3 amide bonds. The van der Waals surface area contributed by atoms with Gasteiger partial charge in [-0.1, -0.05) is 30.3 Å². The van der Waals surface area contributed by atoms with Gasteiger partial charge in [-0.25, -0.2) is 4.79 Å². The summed E-state index contributed by atoms with van der Waals surface area (Å²) in [6.45, 7) is 0.839. The van der Waals surface area contributed by atoms with Crippen molar-refractivity contribution >= 4 is 11.9 Å². The Labute approximate surface area is 132 Å². The zero-order valence-corrected chi connectivity index (χ0v) is 13.8. The third-order valence-corrected chi connectivity index (χ3v) is 3.21. The molecule has 1 rings (SSSR count). The standard InChI is InChI=1S/C16H26N4O2/c1-19(2)11-10-14(13-8-6-5-7-9-13)18-15(21)12-17-16(22)20(3)4/h5-9,14H,10-12H2,1-4H3,(H,17,22)(H,18,21)/t14-/m0/s1. The van der Waals surface area contributed by atoms with E-state index in [0.717, 1.165) is 18.5 Å². The zero-order valence-electron chi connectivity index (χ0n) is 13.8. The molecule has 0 aromatic heterocycles. The second-order valence-corrected chi connectivity index (χ2v) is 5.68. The van der Waals surface area contributed by atoms with Crippen LogP contribution >= 0.6 is 0 Å². The molecule has 0 aliphatic carbocycles. The number of urea groups is 1. The van der Waals surface area contributed by atoms with E-state index >= 15 is 0 Å². The summed E-state index contributed by atoms with van der Waals surface area (Å²) in [6, 6.07) is 9.52. The van der Waals surface area contributed by atoms with Crippen LogP contribution in [0.3, 0.4) is 0 Å². The highest BCUT2D eigenvalue weighted by molar-refractivity contribution is 5.84. The maximum atomic E-state index is 12.0. The first-order valence-electron chi connectivity index (χ1n) is 7.34. The number of amides is 3. The Morgan fingerprint density at radius 2 is 1.73 bits per heavy atom. The highest BCUT2D eigenvalue weighted by Gasteiger charge is 2.15. The van der Waals surface area contributed by atoms with Crippen molar-refractivity contribution in [2.24, 2.45) is 0 Å². The first-order chi connectivity index (χ1) is 10.4. The quantitative estimate of drug-likeness (QED) is 0.792. The molecular formula is C16H26N4O2. The first-order valence-corrected chi connectivity index (χ1v) is 7.34. The van der Waals surface area contributed by atoms with Crippen LogP contribution < -0.4 is 10.6 Å². The molecule has 1 aromatic rings. The molecule has 6 nitrogen and oxygen atoms in total. The van der Waals surface area contributed by atoms with Crippen LogP contribution in [0.1, 0.15) is 18.0 Å². The second-order valence-electron chi connectivity index (χ2n) is 5.68. The predicted octanol–water partition coefficient (Wildman–Crippen LogP) is 1.07. The molecule has 0 saturated heterocycles. The summed E-state index contributed by atoms with van der Waals surface area (Å²) in [7, 11) is 7.27. The molecule has 0 radical (unpaired) electrons. The number of benzene rings is 1. The van der Waals surface area contributed by atoms with E-state index in [-0.39, 0.29) is 24.5 Å². The van der Waals surface area contributed by atoms with Gasteiger partial charge in [-0.05, 0) is 32.6 Å². The minimum atomic E-state index is -0.278. The maximum absolute atomic E-state index is 12.0. The lowest BCUT2D eigenvalue weighted by atomic mass is 10.0. The van der Waals surface area contributed by atoms with Crippen LogP contribution in [0.15, 0.2) is 30.3 Å². The van der Waals surface area contributed by atoms with E-state index in [1.54, 1.807) is 14.1 Å². The van der Waals surface area contributed by atoms with Gasteiger partial charge >= 0.3 is 6.03 Å². The average Bonchev–Trinajstić information content (AvgIpc) is 2.49. The Morgan fingerprint density at radius 1 is 1.09 bits per heavy atom. The molecule has 0 spiro atoms.